The Morgan fingerprint density at radius 3 is 2.90 bits per heavy atom. The highest BCUT2D eigenvalue weighted by Gasteiger charge is 2.43. The molecule has 2 atom stereocenters. The van der Waals surface area contributed by atoms with Gasteiger partial charge in [-0.3, -0.25) is 14.2 Å². The zero-order chi connectivity index (χ0) is 20.4. The van der Waals surface area contributed by atoms with Crippen molar-refractivity contribution in [2.24, 2.45) is 5.92 Å². The molecule has 1 aromatic carbocycles. The fourth-order valence-electron chi connectivity index (χ4n) is 3.75. The summed E-state index contributed by atoms with van der Waals surface area (Å²) in [6.45, 7) is 2.91. The molecule has 152 valence electrons. The van der Waals surface area contributed by atoms with Gasteiger partial charge in [-0.1, -0.05) is 23.9 Å². The highest BCUT2D eigenvalue weighted by Crippen LogP contribution is 2.39. The zero-order valence-electron chi connectivity index (χ0n) is 16.4. The van der Waals surface area contributed by atoms with Gasteiger partial charge in [-0.05, 0) is 50.7 Å². The number of hydrogen-bond donors (Lipinski definition) is 1. The second kappa shape index (κ2) is 8.17. The summed E-state index contributed by atoms with van der Waals surface area (Å²) in [6, 6.07) is 9.47. The van der Waals surface area contributed by atoms with Gasteiger partial charge >= 0.3 is 0 Å². The van der Waals surface area contributed by atoms with E-state index in [4.69, 9.17) is 4.74 Å². The Labute approximate surface area is 173 Å². The van der Waals surface area contributed by atoms with Crippen LogP contribution in [0.2, 0.25) is 0 Å². The number of carbonyl (C=O) groups is 1. The standard InChI is InChI=1S/C21H24N4O3S/c1-21(13-22,14-8-9-14)24-18(26)12-29-20-23-17-7-3-2-6-16(17)19(27)25(20)11-15-5-4-10-28-15/h2-3,6-7,14-15H,4-5,8-12H2,1H3,(H,24,26)/t15-,21-/m0/s1. The van der Waals surface area contributed by atoms with Gasteiger partial charge < -0.3 is 10.1 Å². The van der Waals surface area contributed by atoms with Crippen LogP contribution in [0.5, 0.6) is 0 Å². The van der Waals surface area contributed by atoms with E-state index in [1.54, 1.807) is 23.6 Å². The summed E-state index contributed by atoms with van der Waals surface area (Å²) >= 11 is 1.23. The van der Waals surface area contributed by atoms with E-state index < -0.39 is 5.54 Å². The first kappa shape index (κ1) is 19.9. The minimum absolute atomic E-state index is 0.0133. The molecule has 1 amide bonds. The molecule has 0 unspecified atom stereocenters. The van der Waals surface area contributed by atoms with Crippen LogP contribution in [0.25, 0.3) is 10.9 Å². The summed E-state index contributed by atoms with van der Waals surface area (Å²) in [5.41, 5.74) is -0.330. The van der Waals surface area contributed by atoms with Crippen molar-refractivity contribution in [1.29, 1.82) is 5.26 Å². The number of thioether (sulfide) groups is 1. The van der Waals surface area contributed by atoms with Crippen molar-refractivity contribution >= 4 is 28.6 Å². The molecule has 2 aromatic rings. The van der Waals surface area contributed by atoms with E-state index >= 15 is 0 Å². The van der Waals surface area contributed by atoms with E-state index in [0.29, 0.717) is 29.2 Å². The van der Waals surface area contributed by atoms with Crippen molar-refractivity contribution in [3.8, 4) is 6.07 Å². The molecule has 7 nitrogen and oxygen atoms in total. The fraction of sp³-hybridized carbons (Fsp3) is 0.524. The topological polar surface area (TPSA) is 97.0 Å². The summed E-state index contributed by atoms with van der Waals surface area (Å²) < 4.78 is 7.33. The normalized spacial score (nSPS) is 20.9. The zero-order valence-corrected chi connectivity index (χ0v) is 17.2. The minimum atomic E-state index is -0.828. The van der Waals surface area contributed by atoms with Crippen LogP contribution in [0.15, 0.2) is 34.2 Å². The quantitative estimate of drug-likeness (QED) is 0.554. The number of aromatic nitrogens is 2. The molecular weight excluding hydrogens is 388 g/mol. The molecule has 2 fully saturated rings. The molecule has 1 saturated carbocycles. The summed E-state index contributed by atoms with van der Waals surface area (Å²) in [5.74, 6) is 0.0929. The molecule has 0 radical (unpaired) electrons. The molecule has 2 aliphatic rings. The molecule has 1 saturated heterocycles. The number of nitrogens with one attached hydrogen (secondary N) is 1. The first-order valence-electron chi connectivity index (χ1n) is 9.96. The number of para-hydroxylation sites is 1. The number of nitriles is 1. The molecule has 0 spiro atoms. The average molecular weight is 413 g/mol. The van der Waals surface area contributed by atoms with Gasteiger partial charge in [-0.25, -0.2) is 4.98 Å². The fourth-order valence-corrected chi connectivity index (χ4v) is 4.56. The third-order valence-electron chi connectivity index (χ3n) is 5.59. The Hall–Kier alpha value is -2.37. The van der Waals surface area contributed by atoms with E-state index in [1.165, 1.54) is 11.8 Å². The Morgan fingerprint density at radius 1 is 1.41 bits per heavy atom. The monoisotopic (exact) mass is 412 g/mol. The third kappa shape index (κ3) is 4.31. The van der Waals surface area contributed by atoms with E-state index in [-0.39, 0.29) is 29.2 Å². The Morgan fingerprint density at radius 2 is 2.21 bits per heavy atom. The van der Waals surface area contributed by atoms with Crippen LogP contribution in [0.4, 0.5) is 0 Å². The van der Waals surface area contributed by atoms with Crippen LogP contribution < -0.4 is 10.9 Å². The summed E-state index contributed by atoms with van der Waals surface area (Å²) in [4.78, 5) is 30.2. The van der Waals surface area contributed by atoms with Gasteiger partial charge in [0, 0.05) is 6.61 Å². The number of nitrogens with zero attached hydrogens (tertiary/aromatic N) is 3. The number of benzene rings is 1. The molecule has 2 heterocycles. The van der Waals surface area contributed by atoms with E-state index in [9.17, 15) is 14.9 Å². The number of rotatable bonds is 7. The van der Waals surface area contributed by atoms with Gasteiger partial charge in [0.15, 0.2) is 5.16 Å². The molecule has 8 heteroatoms. The van der Waals surface area contributed by atoms with Crippen LogP contribution in [0.1, 0.15) is 32.6 Å². The summed E-state index contributed by atoms with van der Waals surface area (Å²) in [5, 5.41) is 13.4. The van der Waals surface area contributed by atoms with E-state index in [2.05, 4.69) is 16.4 Å². The average Bonchev–Trinajstić information content (AvgIpc) is 3.47. The van der Waals surface area contributed by atoms with Gasteiger partial charge in [-0.2, -0.15) is 5.26 Å². The molecule has 1 aromatic heterocycles. The van der Waals surface area contributed by atoms with Crippen LogP contribution in [-0.2, 0) is 16.1 Å². The molecule has 4 rings (SSSR count). The van der Waals surface area contributed by atoms with Gasteiger partial charge in [0.2, 0.25) is 5.91 Å². The SMILES string of the molecule is C[C@@](C#N)(NC(=O)CSc1nc2ccccc2c(=O)n1C[C@@H]1CCCO1)C1CC1. The van der Waals surface area contributed by atoms with Crippen molar-refractivity contribution in [3.63, 3.8) is 0 Å². The van der Waals surface area contributed by atoms with Gasteiger partial charge in [0.05, 0.1) is 35.4 Å². The minimum Gasteiger partial charge on any atom is -0.376 e. The van der Waals surface area contributed by atoms with Crippen molar-refractivity contribution in [2.75, 3.05) is 12.4 Å². The number of hydrogen-bond acceptors (Lipinski definition) is 6. The Balaban J connectivity index is 1.56. The summed E-state index contributed by atoms with van der Waals surface area (Å²) in [6.07, 6.45) is 3.81. The largest absolute Gasteiger partial charge is 0.376 e. The maximum Gasteiger partial charge on any atom is 0.262 e. The van der Waals surface area contributed by atoms with Crippen LogP contribution >= 0.6 is 11.8 Å². The number of fused-ring (bicyclic) bond motifs is 1. The van der Waals surface area contributed by atoms with Crippen molar-refractivity contribution < 1.29 is 9.53 Å². The third-order valence-corrected chi connectivity index (χ3v) is 6.57. The van der Waals surface area contributed by atoms with Crippen LogP contribution in [0, 0.1) is 17.2 Å². The molecule has 1 N–H and O–H groups in total. The maximum absolute atomic E-state index is 13.1. The smallest absolute Gasteiger partial charge is 0.262 e. The predicted octanol–water partition coefficient (Wildman–Crippen LogP) is 2.48. The van der Waals surface area contributed by atoms with Gasteiger partial charge in [-0.15, -0.1) is 0 Å². The first-order chi connectivity index (χ1) is 14.0. The number of ether oxygens (including phenoxy) is 1. The van der Waals surface area contributed by atoms with Crippen molar-refractivity contribution in [2.45, 2.75) is 56.0 Å². The lowest BCUT2D eigenvalue weighted by Crippen LogP contribution is -2.47. The Bertz CT molecular complexity index is 1020. The number of amides is 1. The lowest BCUT2D eigenvalue weighted by molar-refractivity contribution is -0.119. The molecule has 0 bridgehead atoms. The number of carbonyl (C=O) groups excluding carboxylic acids is 1. The predicted molar refractivity (Wildman–Crippen MR) is 111 cm³/mol. The van der Waals surface area contributed by atoms with Gasteiger partial charge in [0.25, 0.3) is 5.56 Å². The highest BCUT2D eigenvalue weighted by molar-refractivity contribution is 7.99. The van der Waals surface area contributed by atoms with E-state index in [0.717, 1.165) is 25.7 Å². The molecule has 1 aliphatic heterocycles. The molecule has 29 heavy (non-hydrogen) atoms. The lowest BCUT2D eigenvalue weighted by atomic mass is 9.98. The Kier molecular flexibility index (Phi) is 5.61. The second-order valence-electron chi connectivity index (χ2n) is 7.89. The second-order valence-corrected chi connectivity index (χ2v) is 8.83. The van der Waals surface area contributed by atoms with Gasteiger partial charge in [0.1, 0.15) is 5.54 Å². The van der Waals surface area contributed by atoms with Crippen LogP contribution in [0.3, 0.4) is 0 Å². The van der Waals surface area contributed by atoms with Crippen molar-refractivity contribution in [1.82, 2.24) is 14.9 Å². The van der Waals surface area contributed by atoms with Crippen molar-refractivity contribution in [3.05, 3.63) is 34.6 Å². The maximum atomic E-state index is 13.1. The summed E-state index contributed by atoms with van der Waals surface area (Å²) in [7, 11) is 0. The van der Waals surface area contributed by atoms with Crippen LogP contribution in [-0.4, -0.2) is 39.5 Å². The highest BCUT2D eigenvalue weighted by atomic mass is 32.2. The lowest BCUT2D eigenvalue weighted by Gasteiger charge is -2.23. The van der Waals surface area contributed by atoms with E-state index in [1.807, 2.05) is 12.1 Å². The molecular formula is C21H24N4O3S. The molecule has 1 aliphatic carbocycles. The first-order valence-corrected chi connectivity index (χ1v) is 10.9.